The molecule has 22 heavy (non-hydrogen) atoms. The van der Waals surface area contributed by atoms with E-state index in [-0.39, 0.29) is 0 Å². The molecule has 0 aliphatic rings. The van der Waals surface area contributed by atoms with Crippen molar-refractivity contribution in [2.75, 3.05) is 0 Å². The van der Waals surface area contributed by atoms with Crippen LogP contribution in [0.2, 0.25) is 16.6 Å². The summed E-state index contributed by atoms with van der Waals surface area (Å²) in [6.45, 7) is 16.9. The highest BCUT2D eigenvalue weighted by atomic mass is 28.4. The summed E-state index contributed by atoms with van der Waals surface area (Å²) in [5.41, 5.74) is 4.29. The highest BCUT2D eigenvalue weighted by Crippen LogP contribution is 2.42. The Morgan fingerprint density at radius 1 is 1.00 bits per heavy atom. The molecular weight excluding hydrogens is 286 g/mol. The molecule has 1 aromatic heterocycles. The Bertz CT molecular complexity index is 404. The number of pyridine rings is 1. The Morgan fingerprint density at radius 3 is 2.00 bits per heavy atom. The van der Waals surface area contributed by atoms with E-state index in [1.165, 1.54) is 24.1 Å². The van der Waals surface area contributed by atoms with Crippen LogP contribution in [0.25, 0.3) is 0 Å². The molecule has 0 amide bonds. The molecule has 0 aliphatic heterocycles. The second-order valence-electron chi connectivity index (χ2n) is 7.37. The number of unbranched alkanes of at least 4 members (excludes halogenated alkanes) is 1. The molecule has 0 saturated carbocycles. The van der Waals surface area contributed by atoms with Crippen molar-refractivity contribution in [2.24, 2.45) is 0 Å². The molecule has 1 aromatic rings. The van der Waals surface area contributed by atoms with Crippen LogP contribution >= 0.6 is 0 Å². The maximum absolute atomic E-state index is 6.62. The van der Waals surface area contributed by atoms with Crippen LogP contribution < -0.4 is 0 Å². The van der Waals surface area contributed by atoms with Gasteiger partial charge in [-0.3, -0.25) is 4.98 Å². The van der Waals surface area contributed by atoms with Crippen LogP contribution in [0.15, 0.2) is 18.3 Å². The first kappa shape index (κ1) is 19.4. The lowest BCUT2D eigenvalue weighted by Gasteiger charge is -2.42. The monoisotopic (exact) mass is 321 g/mol. The second-order valence-corrected chi connectivity index (χ2v) is 12.8. The van der Waals surface area contributed by atoms with E-state index in [1.54, 1.807) is 0 Å². The summed E-state index contributed by atoms with van der Waals surface area (Å²) < 4.78 is 6.62. The number of hydrogen-bond donors (Lipinski definition) is 0. The predicted molar refractivity (Wildman–Crippen MR) is 98.7 cm³/mol. The number of nitrogens with zero attached hydrogens (tertiary/aromatic N) is 1. The summed E-state index contributed by atoms with van der Waals surface area (Å²) in [7, 11) is -1.77. The van der Waals surface area contributed by atoms with Crippen LogP contribution in [0.3, 0.4) is 0 Å². The molecule has 126 valence electrons. The highest BCUT2D eigenvalue weighted by Gasteiger charge is 2.44. The molecular formula is C19H35NOSi. The minimum Gasteiger partial charge on any atom is -0.412 e. The van der Waals surface area contributed by atoms with Gasteiger partial charge in [0.05, 0.1) is 6.61 Å². The number of hydrogen-bond acceptors (Lipinski definition) is 2. The SMILES string of the molecule is CCCCc1ccc(CO[Si](C(C)C)(C(C)C)C(C)C)cn1. The van der Waals surface area contributed by atoms with Crippen LogP contribution in [0.5, 0.6) is 0 Å². The Kier molecular flexibility index (Phi) is 7.77. The van der Waals surface area contributed by atoms with Crippen molar-refractivity contribution in [3.05, 3.63) is 29.6 Å². The van der Waals surface area contributed by atoms with Gasteiger partial charge in [0.1, 0.15) is 0 Å². The van der Waals surface area contributed by atoms with Crippen molar-refractivity contribution < 1.29 is 4.43 Å². The smallest absolute Gasteiger partial charge is 0.200 e. The van der Waals surface area contributed by atoms with Gasteiger partial charge in [-0.2, -0.15) is 0 Å². The van der Waals surface area contributed by atoms with Gasteiger partial charge in [0.2, 0.25) is 8.32 Å². The third kappa shape index (κ3) is 4.66. The molecule has 0 aliphatic carbocycles. The molecule has 0 spiro atoms. The van der Waals surface area contributed by atoms with Gasteiger partial charge in [0.25, 0.3) is 0 Å². The fourth-order valence-electron chi connectivity index (χ4n) is 3.75. The summed E-state index contributed by atoms with van der Waals surface area (Å²) in [5.74, 6) is 0. The highest BCUT2D eigenvalue weighted by molar-refractivity contribution is 6.77. The largest absolute Gasteiger partial charge is 0.412 e. The average molecular weight is 322 g/mol. The van der Waals surface area contributed by atoms with Gasteiger partial charge >= 0.3 is 0 Å². The topological polar surface area (TPSA) is 22.1 Å². The van der Waals surface area contributed by atoms with Crippen molar-refractivity contribution in [3.8, 4) is 0 Å². The van der Waals surface area contributed by atoms with E-state index in [0.29, 0.717) is 23.2 Å². The first-order chi connectivity index (χ1) is 10.3. The molecule has 0 bridgehead atoms. The Labute approximate surface area is 138 Å². The van der Waals surface area contributed by atoms with E-state index >= 15 is 0 Å². The fraction of sp³-hybridized carbons (Fsp3) is 0.737. The average Bonchev–Trinajstić information content (AvgIpc) is 2.45. The molecule has 0 unspecified atom stereocenters. The Morgan fingerprint density at radius 2 is 1.59 bits per heavy atom. The lowest BCUT2D eigenvalue weighted by atomic mass is 10.2. The van der Waals surface area contributed by atoms with Gasteiger partial charge in [0.15, 0.2) is 0 Å². The summed E-state index contributed by atoms with van der Waals surface area (Å²) >= 11 is 0. The first-order valence-corrected chi connectivity index (χ1v) is 11.1. The van der Waals surface area contributed by atoms with Crippen molar-refractivity contribution in [2.45, 2.75) is 91.0 Å². The predicted octanol–water partition coefficient (Wildman–Crippen LogP) is 6.12. The molecule has 0 saturated heterocycles. The van der Waals surface area contributed by atoms with Gasteiger partial charge < -0.3 is 4.43 Å². The Hall–Kier alpha value is -0.673. The molecule has 0 aromatic carbocycles. The zero-order valence-corrected chi connectivity index (χ0v) is 16.6. The van der Waals surface area contributed by atoms with Gasteiger partial charge in [-0.15, -0.1) is 0 Å². The summed E-state index contributed by atoms with van der Waals surface area (Å²) in [6, 6.07) is 4.36. The van der Waals surface area contributed by atoms with E-state index in [1.807, 2.05) is 6.20 Å². The minimum atomic E-state index is -1.77. The van der Waals surface area contributed by atoms with Gasteiger partial charge in [-0.25, -0.2) is 0 Å². The van der Waals surface area contributed by atoms with Crippen molar-refractivity contribution in [1.29, 1.82) is 0 Å². The van der Waals surface area contributed by atoms with Crippen molar-refractivity contribution >= 4 is 8.32 Å². The first-order valence-electron chi connectivity index (χ1n) is 8.92. The molecule has 3 heteroatoms. The fourth-order valence-corrected chi connectivity index (χ4v) is 9.17. The van der Waals surface area contributed by atoms with E-state index in [9.17, 15) is 0 Å². The maximum atomic E-state index is 6.62. The van der Waals surface area contributed by atoms with Gasteiger partial charge in [-0.1, -0.05) is 61.0 Å². The van der Waals surface area contributed by atoms with Gasteiger partial charge in [0, 0.05) is 11.9 Å². The van der Waals surface area contributed by atoms with Crippen molar-refractivity contribution in [1.82, 2.24) is 4.98 Å². The van der Waals surface area contributed by atoms with Crippen LogP contribution in [-0.4, -0.2) is 13.3 Å². The molecule has 1 rings (SSSR count). The van der Waals surface area contributed by atoms with E-state index in [4.69, 9.17) is 4.43 Å². The number of aromatic nitrogens is 1. The van der Waals surface area contributed by atoms with Gasteiger partial charge in [-0.05, 0) is 41.1 Å². The lowest BCUT2D eigenvalue weighted by Crippen LogP contribution is -2.47. The second kappa shape index (κ2) is 8.83. The number of rotatable bonds is 9. The normalized spacial score (nSPS) is 12.6. The van der Waals surface area contributed by atoms with Crippen LogP contribution in [-0.2, 0) is 17.5 Å². The van der Waals surface area contributed by atoms with Crippen LogP contribution in [0, 0.1) is 0 Å². The van der Waals surface area contributed by atoms with Crippen molar-refractivity contribution in [3.63, 3.8) is 0 Å². The third-order valence-corrected chi connectivity index (χ3v) is 10.9. The van der Waals surface area contributed by atoms with Crippen LogP contribution in [0.1, 0.15) is 72.6 Å². The van der Waals surface area contributed by atoms with Crippen LogP contribution in [0.4, 0.5) is 0 Å². The summed E-state index contributed by atoms with van der Waals surface area (Å²) in [5, 5.41) is 0. The van der Waals surface area contributed by atoms with E-state index < -0.39 is 8.32 Å². The molecule has 0 atom stereocenters. The van der Waals surface area contributed by atoms with E-state index in [0.717, 1.165) is 6.42 Å². The zero-order chi connectivity index (χ0) is 16.8. The zero-order valence-electron chi connectivity index (χ0n) is 15.6. The number of aryl methyl sites for hydroxylation is 1. The molecule has 0 N–H and O–H groups in total. The minimum absolute atomic E-state index is 0.629. The standard InChI is InChI=1S/C19H35NOSi/c1-8-9-10-19-12-11-18(13-20-19)14-21-22(15(2)3,16(4)5)17(6)7/h11-13,15-17H,8-10,14H2,1-7H3. The molecule has 1 heterocycles. The lowest BCUT2D eigenvalue weighted by molar-refractivity contribution is 0.265. The van der Waals surface area contributed by atoms with E-state index in [2.05, 4.69) is 65.6 Å². The Balaban J connectivity index is 2.77. The quantitative estimate of drug-likeness (QED) is 0.511. The summed E-state index contributed by atoms with van der Waals surface area (Å²) in [4.78, 5) is 4.59. The maximum Gasteiger partial charge on any atom is 0.200 e. The summed E-state index contributed by atoms with van der Waals surface area (Å²) in [6.07, 6.45) is 5.52. The molecule has 2 nitrogen and oxygen atoms in total. The molecule has 0 radical (unpaired) electrons. The molecule has 0 fully saturated rings. The third-order valence-electron chi connectivity index (χ3n) is 4.87.